The van der Waals surface area contributed by atoms with Crippen LogP contribution < -0.4 is 9.47 Å². The molecule has 1 heterocycles. The molecule has 0 radical (unpaired) electrons. The summed E-state index contributed by atoms with van der Waals surface area (Å²) in [5, 5.41) is 12.6. The number of aromatic nitrogens is 1. The molecule has 2 aromatic rings. The Kier molecular flexibility index (Phi) is 3.97. The van der Waals surface area contributed by atoms with E-state index in [4.69, 9.17) is 14.7 Å². The molecule has 0 spiro atoms. The quantitative estimate of drug-likeness (QED) is 0.387. The number of nitrogens with zero attached hydrogens (tertiary/aromatic N) is 2. The van der Waals surface area contributed by atoms with E-state index < -0.39 is 0 Å². The van der Waals surface area contributed by atoms with Gasteiger partial charge in [0.25, 0.3) is 0 Å². The zero-order valence-electron chi connectivity index (χ0n) is 10.5. The summed E-state index contributed by atoms with van der Waals surface area (Å²) in [6, 6.07) is 7.37. The minimum Gasteiger partial charge on any atom is -0.497 e. The van der Waals surface area contributed by atoms with E-state index in [1.165, 1.54) is 6.21 Å². The first kappa shape index (κ1) is 12.9. The number of oxime groups is 1. The van der Waals surface area contributed by atoms with Crippen molar-refractivity contribution in [3.63, 3.8) is 0 Å². The fraction of sp³-hybridized carbons (Fsp3) is 0.143. The molecule has 1 N–H and O–H groups in total. The van der Waals surface area contributed by atoms with Gasteiger partial charge in [-0.25, -0.2) is 4.98 Å². The third-order valence-corrected chi connectivity index (χ3v) is 2.55. The summed E-state index contributed by atoms with van der Waals surface area (Å²) in [7, 11) is 1.60. The molecule has 0 aliphatic carbocycles. The largest absolute Gasteiger partial charge is 0.497 e. The van der Waals surface area contributed by atoms with Gasteiger partial charge in [0.15, 0.2) is 0 Å². The molecule has 1 aromatic heterocycles. The molecule has 19 heavy (non-hydrogen) atoms. The molecule has 98 valence electrons. The van der Waals surface area contributed by atoms with Crippen LogP contribution in [-0.2, 0) is 0 Å². The van der Waals surface area contributed by atoms with E-state index in [-0.39, 0.29) is 0 Å². The Hall–Kier alpha value is -2.56. The number of rotatable bonds is 5. The summed E-state index contributed by atoms with van der Waals surface area (Å²) in [6.07, 6.45) is 2.91. The Morgan fingerprint density at radius 1 is 1.42 bits per heavy atom. The van der Waals surface area contributed by atoms with Crippen LogP contribution in [0.4, 0.5) is 0 Å². The maximum absolute atomic E-state index is 8.67. The summed E-state index contributed by atoms with van der Waals surface area (Å²) in [6.45, 7) is 3.91. The van der Waals surface area contributed by atoms with Crippen molar-refractivity contribution in [2.24, 2.45) is 5.16 Å². The summed E-state index contributed by atoms with van der Waals surface area (Å²) < 4.78 is 10.6. The molecule has 5 heteroatoms. The van der Waals surface area contributed by atoms with Gasteiger partial charge in [-0.1, -0.05) is 17.8 Å². The third kappa shape index (κ3) is 2.82. The normalized spacial score (nSPS) is 10.8. The van der Waals surface area contributed by atoms with Crippen molar-refractivity contribution in [2.45, 2.75) is 0 Å². The Bertz CT molecular complexity index is 623. The van der Waals surface area contributed by atoms with Crippen molar-refractivity contribution in [3.05, 3.63) is 42.5 Å². The Balaban J connectivity index is 2.54. The minimum atomic E-state index is 0.328. The first-order valence-electron chi connectivity index (χ1n) is 5.68. The molecule has 5 nitrogen and oxygen atoms in total. The number of pyridine rings is 1. The Morgan fingerprint density at radius 2 is 2.26 bits per heavy atom. The lowest BCUT2D eigenvalue weighted by molar-refractivity contribution is 0.320. The van der Waals surface area contributed by atoms with Gasteiger partial charge in [0.1, 0.15) is 12.4 Å². The van der Waals surface area contributed by atoms with Crippen LogP contribution in [0.15, 0.2) is 42.1 Å². The highest BCUT2D eigenvalue weighted by Gasteiger charge is 2.07. The second kappa shape index (κ2) is 5.86. The van der Waals surface area contributed by atoms with Gasteiger partial charge < -0.3 is 14.7 Å². The van der Waals surface area contributed by atoms with Crippen molar-refractivity contribution in [1.29, 1.82) is 0 Å². The summed E-state index contributed by atoms with van der Waals surface area (Å²) in [5.41, 5.74) is 1.34. The van der Waals surface area contributed by atoms with Gasteiger partial charge in [-0.3, -0.25) is 0 Å². The highest BCUT2D eigenvalue weighted by Crippen LogP contribution is 2.24. The number of methoxy groups -OCH3 is 1. The van der Waals surface area contributed by atoms with Crippen LogP contribution in [0.5, 0.6) is 11.6 Å². The standard InChI is InChI=1S/C14H14N2O3/c1-3-6-19-14-11(9-15-17)7-10-4-5-12(18-2)8-13(10)16-14/h3-5,7-9,17H,1,6H2,2H3/b15-9+. The molecule has 0 aliphatic heterocycles. The van der Waals surface area contributed by atoms with Crippen molar-refractivity contribution < 1.29 is 14.7 Å². The summed E-state index contributed by atoms with van der Waals surface area (Å²) in [5.74, 6) is 1.11. The molecule has 0 atom stereocenters. The molecule has 0 fully saturated rings. The highest BCUT2D eigenvalue weighted by atomic mass is 16.5. The number of fused-ring (bicyclic) bond motifs is 1. The van der Waals surface area contributed by atoms with E-state index in [0.29, 0.717) is 18.1 Å². The van der Waals surface area contributed by atoms with Gasteiger partial charge in [0.05, 0.1) is 24.4 Å². The fourth-order valence-electron chi connectivity index (χ4n) is 1.68. The second-order valence-corrected chi connectivity index (χ2v) is 3.79. The average molecular weight is 258 g/mol. The first-order chi connectivity index (χ1) is 9.28. The zero-order chi connectivity index (χ0) is 13.7. The fourth-order valence-corrected chi connectivity index (χ4v) is 1.68. The van der Waals surface area contributed by atoms with Gasteiger partial charge in [-0.2, -0.15) is 0 Å². The number of hydrogen-bond acceptors (Lipinski definition) is 5. The lowest BCUT2D eigenvalue weighted by Gasteiger charge is -2.08. The third-order valence-electron chi connectivity index (χ3n) is 2.55. The van der Waals surface area contributed by atoms with Crippen molar-refractivity contribution >= 4 is 17.1 Å². The molecular formula is C14H14N2O3. The summed E-state index contributed by atoms with van der Waals surface area (Å²) >= 11 is 0. The van der Waals surface area contributed by atoms with Crippen molar-refractivity contribution in [1.82, 2.24) is 4.98 Å². The molecule has 0 amide bonds. The smallest absolute Gasteiger partial charge is 0.223 e. The van der Waals surface area contributed by atoms with Gasteiger partial charge >= 0.3 is 0 Å². The first-order valence-corrected chi connectivity index (χ1v) is 5.68. The van der Waals surface area contributed by atoms with Crippen LogP contribution in [0.3, 0.4) is 0 Å². The van der Waals surface area contributed by atoms with Crippen molar-refractivity contribution in [2.75, 3.05) is 13.7 Å². The highest BCUT2D eigenvalue weighted by molar-refractivity contribution is 5.90. The molecular weight excluding hydrogens is 244 g/mol. The SMILES string of the molecule is C=CCOc1nc2cc(OC)ccc2cc1/C=N/O. The molecule has 1 aromatic carbocycles. The molecule has 0 aliphatic rings. The zero-order valence-corrected chi connectivity index (χ0v) is 10.5. The number of hydrogen-bond donors (Lipinski definition) is 1. The van der Waals surface area contributed by atoms with Gasteiger partial charge in [0, 0.05) is 11.5 Å². The van der Waals surface area contributed by atoms with E-state index in [0.717, 1.165) is 16.7 Å². The molecule has 0 bridgehead atoms. The second-order valence-electron chi connectivity index (χ2n) is 3.79. The van der Waals surface area contributed by atoms with E-state index in [1.807, 2.05) is 24.3 Å². The lowest BCUT2D eigenvalue weighted by Crippen LogP contribution is -2.00. The van der Waals surface area contributed by atoms with Gasteiger partial charge in [-0.05, 0) is 18.2 Å². The maximum Gasteiger partial charge on any atom is 0.223 e. The van der Waals surface area contributed by atoms with Gasteiger partial charge in [0.2, 0.25) is 5.88 Å². The molecule has 2 rings (SSSR count). The van der Waals surface area contributed by atoms with E-state index in [1.54, 1.807) is 13.2 Å². The van der Waals surface area contributed by atoms with Gasteiger partial charge in [-0.15, -0.1) is 0 Å². The van der Waals surface area contributed by atoms with Crippen molar-refractivity contribution in [3.8, 4) is 11.6 Å². The Morgan fingerprint density at radius 3 is 2.95 bits per heavy atom. The van der Waals surface area contributed by atoms with Crippen LogP contribution >= 0.6 is 0 Å². The monoisotopic (exact) mass is 258 g/mol. The summed E-state index contributed by atoms with van der Waals surface area (Å²) in [4.78, 5) is 4.39. The molecule has 0 unspecified atom stereocenters. The van der Waals surface area contributed by atoms with E-state index >= 15 is 0 Å². The van der Waals surface area contributed by atoms with Crippen LogP contribution in [0.2, 0.25) is 0 Å². The van der Waals surface area contributed by atoms with E-state index in [2.05, 4.69) is 16.7 Å². The minimum absolute atomic E-state index is 0.328. The number of benzene rings is 1. The molecule has 0 saturated heterocycles. The number of ether oxygens (including phenoxy) is 2. The average Bonchev–Trinajstić information content (AvgIpc) is 2.44. The van der Waals surface area contributed by atoms with Crippen LogP contribution in [-0.4, -0.2) is 30.1 Å². The predicted molar refractivity (Wildman–Crippen MR) is 73.4 cm³/mol. The van der Waals surface area contributed by atoms with Crippen LogP contribution in [0.25, 0.3) is 10.9 Å². The maximum atomic E-state index is 8.67. The van der Waals surface area contributed by atoms with E-state index in [9.17, 15) is 0 Å². The topological polar surface area (TPSA) is 63.9 Å². The Labute approximate surface area is 110 Å². The lowest BCUT2D eigenvalue weighted by atomic mass is 10.1. The van der Waals surface area contributed by atoms with Crippen LogP contribution in [0, 0.1) is 0 Å². The van der Waals surface area contributed by atoms with Crippen LogP contribution in [0.1, 0.15) is 5.56 Å². The predicted octanol–water partition coefficient (Wildman–Crippen LogP) is 2.62. The molecule has 0 saturated carbocycles.